The molecule has 0 radical (unpaired) electrons. The Balaban J connectivity index is 2.29. The highest BCUT2D eigenvalue weighted by molar-refractivity contribution is 6.09. The van der Waals surface area contributed by atoms with Crippen LogP contribution in [0, 0.1) is 6.92 Å². The Bertz CT molecular complexity index is 556. The fourth-order valence-corrected chi connectivity index (χ4v) is 1.89. The lowest BCUT2D eigenvalue weighted by Crippen LogP contribution is -2.06. The van der Waals surface area contributed by atoms with E-state index in [1.807, 2.05) is 62.4 Å². The summed E-state index contributed by atoms with van der Waals surface area (Å²) in [6.07, 6.45) is 0. The summed E-state index contributed by atoms with van der Waals surface area (Å²) >= 11 is 0. The van der Waals surface area contributed by atoms with Crippen LogP contribution >= 0.6 is 0 Å². The van der Waals surface area contributed by atoms with E-state index in [9.17, 15) is 4.79 Å². The summed E-state index contributed by atoms with van der Waals surface area (Å²) in [6, 6.07) is 15.1. The van der Waals surface area contributed by atoms with Crippen molar-refractivity contribution in [3.63, 3.8) is 0 Å². The van der Waals surface area contributed by atoms with Gasteiger partial charge in [0.1, 0.15) is 0 Å². The third-order valence-electron chi connectivity index (χ3n) is 2.98. The first kappa shape index (κ1) is 12.5. The molecule has 0 fully saturated rings. The quantitative estimate of drug-likeness (QED) is 0.835. The minimum absolute atomic E-state index is 0.00637. The number of carbonyl (C=O) groups is 1. The molecule has 1 unspecified atom stereocenters. The van der Waals surface area contributed by atoms with Crippen LogP contribution in [0.1, 0.15) is 40.0 Å². The van der Waals surface area contributed by atoms with Crippen LogP contribution < -0.4 is 5.73 Å². The minimum Gasteiger partial charge on any atom is -0.324 e. The van der Waals surface area contributed by atoms with Crippen LogP contribution in [0.3, 0.4) is 0 Å². The van der Waals surface area contributed by atoms with Crippen LogP contribution in [-0.4, -0.2) is 5.78 Å². The van der Waals surface area contributed by atoms with Crippen molar-refractivity contribution in [2.24, 2.45) is 5.73 Å². The lowest BCUT2D eigenvalue weighted by atomic mass is 9.99. The van der Waals surface area contributed by atoms with Gasteiger partial charge in [-0.3, -0.25) is 4.79 Å². The molecule has 0 saturated carbocycles. The fraction of sp³-hybridized carbons (Fsp3) is 0.188. The van der Waals surface area contributed by atoms with Gasteiger partial charge < -0.3 is 5.73 Å². The molecule has 2 rings (SSSR count). The lowest BCUT2D eigenvalue weighted by molar-refractivity contribution is 0.103. The molecule has 0 bridgehead atoms. The van der Waals surface area contributed by atoms with Gasteiger partial charge in [-0.05, 0) is 25.5 Å². The van der Waals surface area contributed by atoms with Gasteiger partial charge in [0.25, 0.3) is 0 Å². The highest BCUT2D eigenvalue weighted by Gasteiger charge is 2.09. The average molecular weight is 239 g/mol. The summed E-state index contributed by atoms with van der Waals surface area (Å²) in [5, 5.41) is 0. The molecule has 0 aliphatic heterocycles. The van der Waals surface area contributed by atoms with Crippen LogP contribution in [0.2, 0.25) is 0 Å². The second-order valence-corrected chi connectivity index (χ2v) is 4.61. The van der Waals surface area contributed by atoms with Gasteiger partial charge in [0.2, 0.25) is 0 Å². The molecule has 2 nitrogen and oxygen atoms in total. The first-order chi connectivity index (χ1) is 8.58. The smallest absolute Gasteiger partial charge is 0.193 e. The third-order valence-corrected chi connectivity index (χ3v) is 2.98. The van der Waals surface area contributed by atoms with Gasteiger partial charge in [0.15, 0.2) is 5.78 Å². The molecule has 18 heavy (non-hydrogen) atoms. The van der Waals surface area contributed by atoms with Gasteiger partial charge in [0, 0.05) is 17.2 Å². The van der Waals surface area contributed by atoms with E-state index in [-0.39, 0.29) is 11.8 Å². The van der Waals surface area contributed by atoms with Crippen LogP contribution in [0.25, 0.3) is 0 Å². The van der Waals surface area contributed by atoms with E-state index in [0.29, 0.717) is 5.56 Å². The number of nitrogens with two attached hydrogens (primary N) is 1. The largest absolute Gasteiger partial charge is 0.324 e. The number of hydrogen-bond acceptors (Lipinski definition) is 2. The zero-order valence-corrected chi connectivity index (χ0v) is 10.7. The maximum absolute atomic E-state index is 12.2. The number of carbonyl (C=O) groups excluding carboxylic acids is 1. The van der Waals surface area contributed by atoms with Gasteiger partial charge >= 0.3 is 0 Å². The molecule has 2 heteroatoms. The van der Waals surface area contributed by atoms with Crippen molar-refractivity contribution < 1.29 is 4.79 Å². The van der Waals surface area contributed by atoms with Crippen molar-refractivity contribution in [1.82, 2.24) is 0 Å². The Kier molecular flexibility index (Phi) is 3.58. The Hall–Kier alpha value is -1.93. The predicted octanol–water partition coefficient (Wildman–Crippen LogP) is 3.25. The minimum atomic E-state index is -0.00637. The number of aryl methyl sites for hydroxylation is 1. The number of rotatable bonds is 3. The molecule has 2 aromatic rings. The molecule has 0 spiro atoms. The molecule has 92 valence electrons. The van der Waals surface area contributed by atoms with Gasteiger partial charge in [-0.25, -0.2) is 0 Å². The van der Waals surface area contributed by atoms with Gasteiger partial charge in [-0.1, -0.05) is 48.0 Å². The molecule has 0 aliphatic rings. The molecular formula is C16H17NO. The van der Waals surface area contributed by atoms with Crippen LogP contribution in [0.4, 0.5) is 0 Å². The first-order valence-electron chi connectivity index (χ1n) is 6.05. The highest BCUT2D eigenvalue weighted by atomic mass is 16.1. The van der Waals surface area contributed by atoms with Gasteiger partial charge in [-0.2, -0.15) is 0 Å². The van der Waals surface area contributed by atoms with E-state index in [4.69, 9.17) is 5.73 Å². The summed E-state index contributed by atoms with van der Waals surface area (Å²) < 4.78 is 0. The summed E-state index contributed by atoms with van der Waals surface area (Å²) in [4.78, 5) is 12.2. The van der Waals surface area contributed by atoms with E-state index >= 15 is 0 Å². The van der Waals surface area contributed by atoms with Gasteiger partial charge in [0.05, 0.1) is 0 Å². The van der Waals surface area contributed by atoms with Crippen LogP contribution in [0.5, 0.6) is 0 Å². The third kappa shape index (κ3) is 2.66. The topological polar surface area (TPSA) is 43.1 Å². The second-order valence-electron chi connectivity index (χ2n) is 4.61. The SMILES string of the molecule is Cc1cccc(C(=O)c2ccc(C(C)N)cc2)c1. The summed E-state index contributed by atoms with van der Waals surface area (Å²) in [7, 11) is 0. The van der Waals surface area contributed by atoms with Crippen molar-refractivity contribution in [2.45, 2.75) is 19.9 Å². The molecule has 1 atom stereocenters. The maximum Gasteiger partial charge on any atom is 0.193 e. The summed E-state index contributed by atoms with van der Waals surface area (Å²) in [6.45, 7) is 3.91. The molecule has 0 heterocycles. The van der Waals surface area contributed by atoms with E-state index in [1.54, 1.807) is 0 Å². The molecule has 2 N–H and O–H groups in total. The first-order valence-corrected chi connectivity index (χ1v) is 6.05. The van der Waals surface area contributed by atoms with E-state index in [1.165, 1.54) is 0 Å². The van der Waals surface area contributed by atoms with E-state index in [2.05, 4.69) is 0 Å². The molecular weight excluding hydrogens is 222 g/mol. The maximum atomic E-state index is 12.2. The van der Waals surface area contributed by atoms with Crippen molar-refractivity contribution in [2.75, 3.05) is 0 Å². The van der Waals surface area contributed by atoms with E-state index < -0.39 is 0 Å². The normalized spacial score (nSPS) is 12.2. The molecule has 0 aromatic heterocycles. The number of hydrogen-bond donors (Lipinski definition) is 1. The Morgan fingerprint density at radius 2 is 1.72 bits per heavy atom. The average Bonchev–Trinajstić information content (AvgIpc) is 2.38. The van der Waals surface area contributed by atoms with Crippen LogP contribution in [0.15, 0.2) is 48.5 Å². The Morgan fingerprint density at radius 3 is 2.28 bits per heavy atom. The van der Waals surface area contributed by atoms with E-state index in [0.717, 1.165) is 16.7 Å². The number of benzene rings is 2. The Labute approximate surface area is 107 Å². The molecule has 0 aliphatic carbocycles. The van der Waals surface area contributed by atoms with Crippen molar-refractivity contribution in [3.05, 3.63) is 70.8 Å². The van der Waals surface area contributed by atoms with Crippen molar-refractivity contribution in [1.29, 1.82) is 0 Å². The number of ketones is 1. The standard InChI is InChI=1S/C16H17NO/c1-11-4-3-5-15(10-11)16(18)14-8-6-13(7-9-14)12(2)17/h3-10,12H,17H2,1-2H3. The lowest BCUT2D eigenvalue weighted by Gasteiger charge is -2.07. The summed E-state index contributed by atoms with van der Waals surface area (Å²) in [5.74, 6) is 0.0509. The van der Waals surface area contributed by atoms with Crippen molar-refractivity contribution >= 4 is 5.78 Å². The molecule has 2 aromatic carbocycles. The molecule has 0 saturated heterocycles. The Morgan fingerprint density at radius 1 is 1.06 bits per heavy atom. The van der Waals surface area contributed by atoms with Crippen molar-refractivity contribution in [3.8, 4) is 0 Å². The van der Waals surface area contributed by atoms with Gasteiger partial charge in [-0.15, -0.1) is 0 Å². The predicted molar refractivity (Wildman–Crippen MR) is 73.7 cm³/mol. The highest BCUT2D eigenvalue weighted by Crippen LogP contribution is 2.15. The monoisotopic (exact) mass is 239 g/mol. The molecule has 0 amide bonds. The fourth-order valence-electron chi connectivity index (χ4n) is 1.89. The second kappa shape index (κ2) is 5.15. The zero-order chi connectivity index (χ0) is 13.1. The summed E-state index contributed by atoms with van der Waals surface area (Å²) in [5.41, 5.74) is 9.34. The zero-order valence-electron chi connectivity index (χ0n) is 10.7. The van der Waals surface area contributed by atoms with Crippen LogP contribution in [-0.2, 0) is 0 Å².